The van der Waals surface area contributed by atoms with E-state index in [9.17, 15) is 0 Å². The van der Waals surface area contributed by atoms with Crippen molar-refractivity contribution in [1.82, 2.24) is 25.1 Å². The van der Waals surface area contributed by atoms with Gasteiger partial charge in [-0.15, -0.1) is 11.3 Å². The molecular formula is C12H12ClN5OS. The normalized spacial score (nSPS) is 12.8. The van der Waals surface area contributed by atoms with Gasteiger partial charge in [-0.1, -0.05) is 16.8 Å². The standard InChI is InChI=1S/C12H12ClN5OS/c1-7(18-5-9(13)4-14-18)3-11-15-10(6-20-11)12-8(2)16-19-17-12/h4-7H,3H2,1-2H3/t7-/m0/s1. The van der Waals surface area contributed by atoms with Crippen molar-refractivity contribution in [2.75, 3.05) is 0 Å². The highest BCUT2D eigenvalue weighted by molar-refractivity contribution is 7.09. The molecule has 104 valence electrons. The van der Waals surface area contributed by atoms with E-state index in [1.807, 2.05) is 23.2 Å². The molecule has 0 fully saturated rings. The second-order valence-corrected chi connectivity index (χ2v) is 5.90. The Balaban J connectivity index is 1.76. The van der Waals surface area contributed by atoms with Crippen LogP contribution in [-0.4, -0.2) is 25.1 Å². The number of nitrogens with zero attached hydrogens (tertiary/aromatic N) is 5. The minimum Gasteiger partial charge on any atom is -0.268 e. The monoisotopic (exact) mass is 309 g/mol. The van der Waals surface area contributed by atoms with Crippen LogP contribution in [0.2, 0.25) is 5.02 Å². The van der Waals surface area contributed by atoms with Crippen LogP contribution >= 0.6 is 22.9 Å². The summed E-state index contributed by atoms with van der Waals surface area (Å²) in [7, 11) is 0. The second-order valence-electron chi connectivity index (χ2n) is 4.52. The topological polar surface area (TPSA) is 69.6 Å². The van der Waals surface area contributed by atoms with Crippen molar-refractivity contribution in [3.05, 3.63) is 33.5 Å². The van der Waals surface area contributed by atoms with Gasteiger partial charge in [0.15, 0.2) is 5.69 Å². The third-order valence-electron chi connectivity index (χ3n) is 2.94. The van der Waals surface area contributed by atoms with Crippen molar-refractivity contribution >= 4 is 22.9 Å². The number of aromatic nitrogens is 5. The lowest BCUT2D eigenvalue weighted by molar-refractivity contribution is 0.306. The lowest BCUT2D eigenvalue weighted by Gasteiger charge is -2.09. The Kier molecular flexibility index (Phi) is 3.54. The van der Waals surface area contributed by atoms with Gasteiger partial charge in [0.05, 0.1) is 22.3 Å². The Morgan fingerprint density at radius 1 is 1.45 bits per heavy atom. The molecule has 0 aliphatic heterocycles. The molecule has 0 saturated carbocycles. The molecule has 0 saturated heterocycles. The average molecular weight is 310 g/mol. The minimum atomic E-state index is 0.193. The summed E-state index contributed by atoms with van der Waals surface area (Å²) < 4.78 is 6.54. The first-order chi connectivity index (χ1) is 9.63. The van der Waals surface area contributed by atoms with E-state index in [2.05, 4.69) is 27.3 Å². The molecule has 3 rings (SSSR count). The fourth-order valence-corrected chi connectivity index (χ4v) is 2.92. The fraction of sp³-hybridized carbons (Fsp3) is 0.333. The van der Waals surface area contributed by atoms with Crippen LogP contribution < -0.4 is 0 Å². The predicted molar refractivity (Wildman–Crippen MR) is 75.8 cm³/mol. The van der Waals surface area contributed by atoms with E-state index in [1.54, 1.807) is 17.5 Å². The van der Waals surface area contributed by atoms with Crippen LogP contribution in [0.4, 0.5) is 0 Å². The third kappa shape index (κ3) is 2.59. The molecule has 0 unspecified atom stereocenters. The zero-order valence-corrected chi connectivity index (χ0v) is 12.5. The molecule has 0 spiro atoms. The number of halogens is 1. The van der Waals surface area contributed by atoms with Crippen molar-refractivity contribution < 1.29 is 4.63 Å². The van der Waals surface area contributed by atoms with Crippen LogP contribution in [0, 0.1) is 6.92 Å². The molecular weight excluding hydrogens is 298 g/mol. The number of hydrogen-bond donors (Lipinski definition) is 0. The van der Waals surface area contributed by atoms with E-state index in [1.165, 1.54) is 0 Å². The minimum absolute atomic E-state index is 0.193. The highest BCUT2D eigenvalue weighted by atomic mass is 35.5. The van der Waals surface area contributed by atoms with Gasteiger partial charge in [0.1, 0.15) is 11.4 Å². The molecule has 8 heteroatoms. The van der Waals surface area contributed by atoms with Gasteiger partial charge in [0, 0.05) is 18.0 Å². The van der Waals surface area contributed by atoms with Crippen LogP contribution in [0.15, 0.2) is 22.4 Å². The van der Waals surface area contributed by atoms with E-state index in [4.69, 9.17) is 16.2 Å². The summed E-state index contributed by atoms with van der Waals surface area (Å²) in [6, 6.07) is 0.193. The molecule has 0 aromatic carbocycles. The van der Waals surface area contributed by atoms with Gasteiger partial charge >= 0.3 is 0 Å². The zero-order valence-electron chi connectivity index (χ0n) is 10.9. The zero-order chi connectivity index (χ0) is 14.1. The quantitative estimate of drug-likeness (QED) is 0.740. The van der Waals surface area contributed by atoms with Gasteiger partial charge < -0.3 is 0 Å². The van der Waals surface area contributed by atoms with Crippen LogP contribution in [0.3, 0.4) is 0 Å². The maximum Gasteiger partial charge on any atom is 0.157 e. The molecule has 3 aromatic heterocycles. The second kappa shape index (κ2) is 5.34. The van der Waals surface area contributed by atoms with Gasteiger partial charge in [-0.2, -0.15) is 5.10 Å². The molecule has 0 amide bonds. The molecule has 3 aromatic rings. The molecule has 0 bridgehead atoms. The summed E-state index contributed by atoms with van der Waals surface area (Å²) >= 11 is 7.47. The number of rotatable bonds is 4. The first-order valence-electron chi connectivity index (χ1n) is 6.07. The lowest BCUT2D eigenvalue weighted by Crippen LogP contribution is -2.08. The Morgan fingerprint density at radius 2 is 2.30 bits per heavy atom. The van der Waals surface area contributed by atoms with Gasteiger partial charge in [-0.25, -0.2) is 9.61 Å². The van der Waals surface area contributed by atoms with Crippen molar-refractivity contribution in [2.45, 2.75) is 26.3 Å². The maximum absolute atomic E-state index is 5.87. The van der Waals surface area contributed by atoms with Crippen LogP contribution in [0.5, 0.6) is 0 Å². The SMILES string of the molecule is Cc1nonc1-c1csc(C[C@H](C)n2cc(Cl)cn2)n1. The van der Waals surface area contributed by atoms with E-state index < -0.39 is 0 Å². The van der Waals surface area contributed by atoms with Crippen molar-refractivity contribution in [2.24, 2.45) is 0 Å². The number of hydrogen-bond acceptors (Lipinski definition) is 6. The van der Waals surface area contributed by atoms with Gasteiger partial charge in [0.25, 0.3) is 0 Å². The summed E-state index contributed by atoms with van der Waals surface area (Å²) in [6.45, 7) is 3.92. The van der Waals surface area contributed by atoms with E-state index in [0.717, 1.165) is 22.8 Å². The van der Waals surface area contributed by atoms with E-state index >= 15 is 0 Å². The Hall–Kier alpha value is -1.73. The van der Waals surface area contributed by atoms with E-state index in [0.29, 0.717) is 10.7 Å². The summed E-state index contributed by atoms with van der Waals surface area (Å²) in [6.07, 6.45) is 4.23. The summed E-state index contributed by atoms with van der Waals surface area (Å²) in [4.78, 5) is 4.57. The predicted octanol–water partition coefficient (Wildman–Crippen LogP) is 3.16. The number of aryl methyl sites for hydroxylation is 1. The van der Waals surface area contributed by atoms with Crippen LogP contribution in [0.1, 0.15) is 23.7 Å². The molecule has 3 heterocycles. The largest absolute Gasteiger partial charge is 0.268 e. The molecule has 1 atom stereocenters. The highest BCUT2D eigenvalue weighted by Crippen LogP contribution is 2.24. The van der Waals surface area contributed by atoms with Gasteiger partial charge in [0.2, 0.25) is 0 Å². The first-order valence-corrected chi connectivity index (χ1v) is 7.33. The lowest BCUT2D eigenvalue weighted by atomic mass is 10.2. The Labute approximate surface area is 124 Å². The Morgan fingerprint density at radius 3 is 2.95 bits per heavy atom. The third-order valence-corrected chi connectivity index (χ3v) is 4.00. The number of thiazole rings is 1. The fourth-order valence-electron chi connectivity index (χ4n) is 1.88. The summed E-state index contributed by atoms with van der Waals surface area (Å²) in [5.74, 6) is 0. The molecule has 0 aliphatic carbocycles. The maximum atomic E-state index is 5.87. The molecule has 6 nitrogen and oxygen atoms in total. The average Bonchev–Trinajstić information content (AvgIpc) is 3.10. The highest BCUT2D eigenvalue weighted by Gasteiger charge is 2.14. The molecule has 0 N–H and O–H groups in total. The van der Waals surface area contributed by atoms with Crippen molar-refractivity contribution in [3.63, 3.8) is 0 Å². The van der Waals surface area contributed by atoms with Gasteiger partial charge in [-0.05, 0) is 19.0 Å². The van der Waals surface area contributed by atoms with Crippen LogP contribution in [0.25, 0.3) is 11.4 Å². The molecule has 0 radical (unpaired) electrons. The first kappa shape index (κ1) is 13.3. The summed E-state index contributed by atoms with van der Waals surface area (Å²) in [5, 5.41) is 15.5. The summed E-state index contributed by atoms with van der Waals surface area (Å²) in [5.41, 5.74) is 2.24. The van der Waals surface area contributed by atoms with Crippen LogP contribution in [-0.2, 0) is 6.42 Å². The van der Waals surface area contributed by atoms with Gasteiger partial charge in [-0.3, -0.25) is 4.68 Å². The van der Waals surface area contributed by atoms with E-state index in [-0.39, 0.29) is 6.04 Å². The molecule has 20 heavy (non-hydrogen) atoms. The van der Waals surface area contributed by atoms with Crippen molar-refractivity contribution in [1.29, 1.82) is 0 Å². The van der Waals surface area contributed by atoms with Crippen molar-refractivity contribution in [3.8, 4) is 11.4 Å². The smallest absolute Gasteiger partial charge is 0.157 e. The Bertz CT molecular complexity index is 719. The molecule has 0 aliphatic rings.